The molecule has 0 aromatic heterocycles. The van der Waals surface area contributed by atoms with Crippen molar-refractivity contribution in [2.75, 3.05) is 7.11 Å². The summed E-state index contributed by atoms with van der Waals surface area (Å²) in [5.41, 5.74) is 0.574. The van der Waals surface area contributed by atoms with Crippen LogP contribution in [0, 0.1) is 10.1 Å². The molecule has 0 saturated heterocycles. The van der Waals surface area contributed by atoms with Crippen molar-refractivity contribution in [3.8, 4) is 11.1 Å². The molecule has 112 valence electrons. The van der Waals surface area contributed by atoms with Crippen LogP contribution in [0.3, 0.4) is 0 Å². The Morgan fingerprint density at radius 3 is 2.36 bits per heavy atom. The molecule has 1 N–H and O–H groups in total. The Balaban J connectivity index is 2.57. The number of nitro groups is 1. The van der Waals surface area contributed by atoms with Gasteiger partial charge in [-0.05, 0) is 23.3 Å². The summed E-state index contributed by atoms with van der Waals surface area (Å²) >= 11 is 0. The van der Waals surface area contributed by atoms with Gasteiger partial charge in [0.2, 0.25) is 0 Å². The van der Waals surface area contributed by atoms with Crippen LogP contribution in [0.25, 0.3) is 11.1 Å². The molecule has 2 aromatic carbocycles. The van der Waals surface area contributed by atoms with Gasteiger partial charge in [0.1, 0.15) is 0 Å². The zero-order chi connectivity index (χ0) is 16.3. The van der Waals surface area contributed by atoms with E-state index in [4.69, 9.17) is 5.11 Å². The highest BCUT2D eigenvalue weighted by Crippen LogP contribution is 2.26. The van der Waals surface area contributed by atoms with Crippen LogP contribution >= 0.6 is 0 Å². The summed E-state index contributed by atoms with van der Waals surface area (Å²) in [6, 6.07) is 9.92. The minimum absolute atomic E-state index is 0.0978. The minimum Gasteiger partial charge on any atom is -0.478 e. The maximum absolute atomic E-state index is 11.7. The fraction of sp³-hybridized carbons (Fsp3) is 0.0667. The van der Waals surface area contributed by atoms with Gasteiger partial charge < -0.3 is 9.84 Å². The summed E-state index contributed by atoms with van der Waals surface area (Å²) in [4.78, 5) is 33.1. The van der Waals surface area contributed by atoms with Crippen molar-refractivity contribution >= 4 is 17.6 Å². The van der Waals surface area contributed by atoms with Crippen LogP contribution in [-0.4, -0.2) is 29.1 Å². The summed E-state index contributed by atoms with van der Waals surface area (Å²) in [6.45, 7) is 0. The number of carboxylic acid groups (broad SMARTS) is 1. The summed E-state index contributed by atoms with van der Waals surface area (Å²) in [5.74, 6) is -2.05. The number of rotatable bonds is 4. The van der Waals surface area contributed by atoms with Gasteiger partial charge in [0.25, 0.3) is 5.69 Å². The molecule has 0 bridgehead atoms. The number of carbonyl (C=O) groups excluding carboxylic acids is 1. The standard InChI is InChI=1S/C15H11NO6/c1-22-15(19)13-8-10(5-6-12(13)14(17)18)9-3-2-4-11(7-9)16(20)21/h2-8H,1H3,(H,17,18). The number of nitro benzene ring substituents is 1. The predicted molar refractivity (Wildman–Crippen MR) is 76.8 cm³/mol. The highest BCUT2D eigenvalue weighted by molar-refractivity contribution is 6.03. The average molecular weight is 301 g/mol. The van der Waals surface area contributed by atoms with Crippen molar-refractivity contribution < 1.29 is 24.4 Å². The van der Waals surface area contributed by atoms with Crippen LogP contribution in [0.15, 0.2) is 42.5 Å². The van der Waals surface area contributed by atoms with E-state index in [9.17, 15) is 19.7 Å². The summed E-state index contributed by atoms with van der Waals surface area (Å²) in [6.07, 6.45) is 0. The molecule has 0 radical (unpaired) electrons. The average Bonchev–Trinajstić information content (AvgIpc) is 2.53. The molecule has 0 aliphatic heterocycles. The zero-order valence-electron chi connectivity index (χ0n) is 11.5. The molecular weight excluding hydrogens is 290 g/mol. The number of carbonyl (C=O) groups is 2. The lowest BCUT2D eigenvalue weighted by molar-refractivity contribution is -0.384. The molecule has 0 saturated carbocycles. The van der Waals surface area contributed by atoms with Gasteiger partial charge in [-0.3, -0.25) is 10.1 Å². The van der Waals surface area contributed by atoms with Crippen LogP contribution in [0.5, 0.6) is 0 Å². The third-order valence-electron chi connectivity index (χ3n) is 3.05. The van der Waals surface area contributed by atoms with Gasteiger partial charge in [-0.1, -0.05) is 18.2 Å². The van der Waals surface area contributed by atoms with Crippen LogP contribution in [0.1, 0.15) is 20.7 Å². The number of esters is 1. The second kappa shape index (κ2) is 6.04. The first-order valence-electron chi connectivity index (χ1n) is 6.14. The second-order valence-electron chi connectivity index (χ2n) is 4.36. The van der Waals surface area contributed by atoms with Gasteiger partial charge in [0.15, 0.2) is 0 Å². The first kappa shape index (κ1) is 15.2. The number of aromatic carboxylic acids is 1. The third kappa shape index (κ3) is 2.93. The molecule has 0 unspecified atom stereocenters. The SMILES string of the molecule is COC(=O)c1cc(-c2cccc([N+](=O)[O-])c2)ccc1C(=O)O. The van der Waals surface area contributed by atoms with E-state index in [0.29, 0.717) is 11.1 Å². The quantitative estimate of drug-likeness (QED) is 0.528. The Labute approximate surface area is 124 Å². The van der Waals surface area contributed by atoms with E-state index in [1.54, 1.807) is 6.07 Å². The largest absolute Gasteiger partial charge is 0.478 e. The molecule has 0 amide bonds. The fourth-order valence-electron chi connectivity index (χ4n) is 1.99. The molecule has 2 rings (SSSR count). The van der Waals surface area contributed by atoms with Gasteiger partial charge in [-0.25, -0.2) is 9.59 Å². The van der Waals surface area contributed by atoms with Gasteiger partial charge >= 0.3 is 11.9 Å². The van der Waals surface area contributed by atoms with Gasteiger partial charge in [0, 0.05) is 12.1 Å². The minimum atomic E-state index is -1.26. The monoisotopic (exact) mass is 301 g/mol. The van der Waals surface area contributed by atoms with E-state index in [-0.39, 0.29) is 16.8 Å². The van der Waals surface area contributed by atoms with Crippen LogP contribution in [0.4, 0.5) is 5.69 Å². The Morgan fingerprint density at radius 1 is 1.09 bits per heavy atom. The van der Waals surface area contributed by atoms with E-state index in [0.717, 1.165) is 7.11 Å². The first-order chi connectivity index (χ1) is 10.4. The van der Waals surface area contributed by atoms with Gasteiger partial charge in [-0.15, -0.1) is 0 Å². The molecule has 7 nitrogen and oxygen atoms in total. The van der Waals surface area contributed by atoms with E-state index >= 15 is 0 Å². The molecule has 0 aliphatic rings. The van der Waals surface area contributed by atoms with E-state index < -0.39 is 16.9 Å². The number of hydrogen-bond acceptors (Lipinski definition) is 5. The fourth-order valence-corrected chi connectivity index (χ4v) is 1.99. The first-order valence-corrected chi connectivity index (χ1v) is 6.14. The van der Waals surface area contributed by atoms with Crippen molar-refractivity contribution in [2.24, 2.45) is 0 Å². The summed E-state index contributed by atoms with van der Waals surface area (Å²) in [5, 5.41) is 19.9. The van der Waals surface area contributed by atoms with Crippen molar-refractivity contribution in [3.63, 3.8) is 0 Å². The molecular formula is C15H11NO6. The molecule has 2 aromatic rings. The topological polar surface area (TPSA) is 107 Å². The molecule has 22 heavy (non-hydrogen) atoms. The summed E-state index contributed by atoms with van der Waals surface area (Å²) < 4.78 is 4.57. The van der Waals surface area contributed by atoms with Crippen LogP contribution in [-0.2, 0) is 4.74 Å². The highest BCUT2D eigenvalue weighted by Gasteiger charge is 2.18. The number of carboxylic acids is 1. The number of benzene rings is 2. The van der Waals surface area contributed by atoms with E-state index in [1.165, 1.54) is 36.4 Å². The third-order valence-corrected chi connectivity index (χ3v) is 3.05. The smallest absolute Gasteiger partial charge is 0.338 e. The number of nitrogens with zero attached hydrogens (tertiary/aromatic N) is 1. The van der Waals surface area contributed by atoms with Crippen LogP contribution in [0.2, 0.25) is 0 Å². The van der Waals surface area contributed by atoms with Crippen molar-refractivity contribution in [2.45, 2.75) is 0 Å². The van der Waals surface area contributed by atoms with Crippen LogP contribution < -0.4 is 0 Å². The predicted octanol–water partition coefficient (Wildman–Crippen LogP) is 2.75. The molecule has 0 spiro atoms. The Hall–Kier alpha value is -3.22. The van der Waals surface area contributed by atoms with E-state index in [1.807, 2.05) is 0 Å². The zero-order valence-corrected chi connectivity index (χ0v) is 11.5. The second-order valence-corrected chi connectivity index (χ2v) is 4.36. The summed E-state index contributed by atoms with van der Waals surface area (Å²) in [7, 11) is 1.15. The Kier molecular flexibility index (Phi) is 4.17. The van der Waals surface area contributed by atoms with Gasteiger partial charge in [0.05, 0.1) is 23.2 Å². The molecule has 0 atom stereocenters. The number of methoxy groups -OCH3 is 1. The van der Waals surface area contributed by atoms with Gasteiger partial charge in [-0.2, -0.15) is 0 Å². The van der Waals surface area contributed by atoms with E-state index in [2.05, 4.69) is 4.74 Å². The molecule has 0 fully saturated rings. The van der Waals surface area contributed by atoms with Crippen molar-refractivity contribution in [1.82, 2.24) is 0 Å². The lowest BCUT2D eigenvalue weighted by Crippen LogP contribution is -2.10. The number of non-ortho nitro benzene ring substituents is 1. The highest BCUT2D eigenvalue weighted by atomic mass is 16.6. The lowest BCUT2D eigenvalue weighted by Gasteiger charge is -2.08. The number of hydrogen-bond donors (Lipinski definition) is 1. The maximum atomic E-state index is 11.7. The molecule has 7 heteroatoms. The van der Waals surface area contributed by atoms with Crippen molar-refractivity contribution in [1.29, 1.82) is 0 Å². The molecule has 0 heterocycles. The lowest BCUT2D eigenvalue weighted by atomic mass is 9.99. The Bertz CT molecular complexity index is 768. The number of ether oxygens (including phenoxy) is 1. The normalized spacial score (nSPS) is 10.0. The maximum Gasteiger partial charge on any atom is 0.338 e. The molecule has 0 aliphatic carbocycles. The Morgan fingerprint density at radius 2 is 1.77 bits per heavy atom. The van der Waals surface area contributed by atoms with Crippen molar-refractivity contribution in [3.05, 3.63) is 63.7 Å².